The molecule has 1 aliphatic rings. The minimum absolute atomic E-state index is 0.0882. The maximum Gasteiger partial charge on any atom is 0.341 e. The molecule has 2 aromatic rings. The minimum atomic E-state index is -2.03. The molecule has 1 unspecified atom stereocenters. The van der Waals surface area contributed by atoms with E-state index >= 15 is 0 Å². The standard InChI is InChI=1S/C16H9Cl2NO5/c1-7(14(20)21)13-12-10(18)4-9(17)5-11(12)19-16(13,15(22)23)8-2-3-24-6-8/h2-6H,1H2,(H,20,21)(H,22,23). The van der Waals surface area contributed by atoms with Gasteiger partial charge in [0.1, 0.15) is 0 Å². The molecule has 0 bridgehead atoms. The Morgan fingerprint density at radius 2 is 1.96 bits per heavy atom. The van der Waals surface area contributed by atoms with E-state index in [-0.39, 0.29) is 31.8 Å². The third kappa shape index (κ3) is 2.15. The van der Waals surface area contributed by atoms with E-state index < -0.39 is 23.1 Å². The summed E-state index contributed by atoms with van der Waals surface area (Å²) in [5, 5.41) is 20.0. The average molecular weight is 366 g/mol. The first-order valence-corrected chi connectivity index (χ1v) is 7.33. The maximum atomic E-state index is 12.2. The number of carboxylic acid groups (broad SMARTS) is 2. The minimum Gasteiger partial charge on any atom is -0.479 e. The number of hydrogen-bond acceptors (Lipinski definition) is 4. The summed E-state index contributed by atoms with van der Waals surface area (Å²) in [5.74, 6) is -2.77. The highest BCUT2D eigenvalue weighted by Gasteiger charge is 2.50. The van der Waals surface area contributed by atoms with Crippen LogP contribution in [0.1, 0.15) is 5.56 Å². The van der Waals surface area contributed by atoms with Gasteiger partial charge in [-0.2, -0.15) is 0 Å². The highest BCUT2D eigenvalue weighted by molar-refractivity contribution is 6.35. The molecule has 2 heterocycles. The Labute approximate surface area is 145 Å². The molecule has 3 rings (SSSR count). The summed E-state index contributed by atoms with van der Waals surface area (Å²) in [6.07, 6.45) is 2.46. The number of aliphatic carboxylic acids is 2. The lowest BCUT2D eigenvalue weighted by molar-refractivity contribution is -0.141. The average Bonchev–Trinajstić information content (AvgIpc) is 3.11. The van der Waals surface area contributed by atoms with E-state index in [0.717, 1.165) is 0 Å². The molecule has 1 aromatic carbocycles. The van der Waals surface area contributed by atoms with Gasteiger partial charge in [0.25, 0.3) is 0 Å². The number of benzene rings is 1. The number of fused-ring (bicyclic) bond motifs is 1. The molecule has 0 saturated heterocycles. The first-order chi connectivity index (χ1) is 11.3. The Morgan fingerprint density at radius 1 is 1.25 bits per heavy atom. The van der Waals surface area contributed by atoms with Crippen LogP contribution in [0.25, 0.3) is 5.57 Å². The SMILES string of the molecule is C=C(C(=O)O)C1=c2c(Cl)cc(Cl)cc2=NC1(C(=O)O)c1ccoc1. The molecular formula is C16H9Cl2NO5. The van der Waals surface area contributed by atoms with Gasteiger partial charge in [0, 0.05) is 21.4 Å². The van der Waals surface area contributed by atoms with Crippen LogP contribution in [0.5, 0.6) is 0 Å². The van der Waals surface area contributed by atoms with Gasteiger partial charge in [0.2, 0.25) is 5.54 Å². The number of rotatable bonds is 4. The Balaban J connectivity index is 2.55. The lowest BCUT2D eigenvalue weighted by Crippen LogP contribution is -2.36. The normalized spacial score (nSPS) is 18.8. The van der Waals surface area contributed by atoms with E-state index in [1.807, 2.05) is 0 Å². The zero-order chi connectivity index (χ0) is 17.6. The lowest BCUT2D eigenvalue weighted by Gasteiger charge is -2.24. The van der Waals surface area contributed by atoms with Crippen LogP contribution < -0.4 is 10.6 Å². The number of carbonyl (C=O) groups is 2. The van der Waals surface area contributed by atoms with Crippen LogP contribution in [0.15, 0.2) is 52.3 Å². The van der Waals surface area contributed by atoms with Gasteiger partial charge in [-0.1, -0.05) is 29.8 Å². The molecule has 0 fully saturated rings. The number of carboxylic acids is 2. The molecule has 0 saturated carbocycles. The second-order valence-electron chi connectivity index (χ2n) is 5.08. The third-order valence-corrected chi connectivity index (χ3v) is 4.26. The van der Waals surface area contributed by atoms with E-state index in [9.17, 15) is 19.8 Å². The summed E-state index contributed by atoms with van der Waals surface area (Å²) in [6.45, 7) is 3.50. The summed E-state index contributed by atoms with van der Waals surface area (Å²) in [6, 6.07) is 4.21. The molecule has 6 nitrogen and oxygen atoms in total. The second kappa shape index (κ2) is 5.51. The predicted octanol–water partition coefficient (Wildman–Crippen LogP) is 1.99. The zero-order valence-corrected chi connectivity index (χ0v) is 13.4. The summed E-state index contributed by atoms with van der Waals surface area (Å²) in [7, 11) is 0. The number of nitrogens with zero attached hydrogens (tertiary/aromatic N) is 1. The van der Waals surface area contributed by atoms with Crippen LogP contribution in [0.3, 0.4) is 0 Å². The van der Waals surface area contributed by atoms with Crippen LogP contribution in [0.4, 0.5) is 0 Å². The van der Waals surface area contributed by atoms with Crippen LogP contribution in [0, 0.1) is 0 Å². The van der Waals surface area contributed by atoms with Crippen molar-refractivity contribution in [1.82, 2.24) is 0 Å². The van der Waals surface area contributed by atoms with Crippen LogP contribution in [-0.4, -0.2) is 22.2 Å². The topological polar surface area (TPSA) is 100 Å². The predicted molar refractivity (Wildman–Crippen MR) is 85.4 cm³/mol. The quantitative estimate of drug-likeness (QED) is 0.807. The van der Waals surface area contributed by atoms with Crippen molar-refractivity contribution in [3.05, 3.63) is 69.1 Å². The van der Waals surface area contributed by atoms with Gasteiger partial charge >= 0.3 is 11.9 Å². The van der Waals surface area contributed by atoms with Gasteiger partial charge in [-0.05, 0) is 18.2 Å². The van der Waals surface area contributed by atoms with Crippen molar-refractivity contribution in [3.63, 3.8) is 0 Å². The van der Waals surface area contributed by atoms with Gasteiger partial charge in [0.05, 0.1) is 28.5 Å². The molecule has 1 aliphatic heterocycles. The first-order valence-electron chi connectivity index (χ1n) is 6.57. The maximum absolute atomic E-state index is 12.2. The summed E-state index contributed by atoms with van der Waals surface area (Å²) < 4.78 is 4.97. The third-order valence-electron chi connectivity index (χ3n) is 3.74. The highest BCUT2D eigenvalue weighted by atomic mass is 35.5. The van der Waals surface area contributed by atoms with Crippen LogP contribution in [0.2, 0.25) is 10.0 Å². The molecule has 0 spiro atoms. The van der Waals surface area contributed by atoms with Crippen LogP contribution >= 0.6 is 23.2 Å². The molecule has 2 N–H and O–H groups in total. The van der Waals surface area contributed by atoms with Crippen molar-refractivity contribution in [2.75, 3.05) is 0 Å². The van der Waals surface area contributed by atoms with Crippen molar-refractivity contribution < 1.29 is 24.2 Å². The number of hydrogen-bond donors (Lipinski definition) is 2. The largest absolute Gasteiger partial charge is 0.479 e. The molecular weight excluding hydrogens is 357 g/mol. The lowest BCUT2D eigenvalue weighted by atomic mass is 9.81. The molecule has 122 valence electrons. The van der Waals surface area contributed by atoms with E-state index in [1.165, 1.54) is 30.7 Å². The van der Waals surface area contributed by atoms with E-state index in [2.05, 4.69) is 11.6 Å². The van der Waals surface area contributed by atoms with Gasteiger partial charge in [-0.3, -0.25) is 4.99 Å². The van der Waals surface area contributed by atoms with Gasteiger partial charge in [0.15, 0.2) is 0 Å². The summed E-state index contributed by atoms with van der Waals surface area (Å²) in [4.78, 5) is 27.9. The molecule has 24 heavy (non-hydrogen) atoms. The van der Waals surface area contributed by atoms with Crippen molar-refractivity contribution in [2.24, 2.45) is 4.99 Å². The van der Waals surface area contributed by atoms with Gasteiger partial charge < -0.3 is 14.6 Å². The summed E-state index contributed by atoms with van der Waals surface area (Å²) in [5.41, 5.74) is -2.43. The monoisotopic (exact) mass is 365 g/mol. The molecule has 0 aliphatic carbocycles. The second-order valence-corrected chi connectivity index (χ2v) is 5.92. The fraction of sp³-hybridized carbons (Fsp3) is 0.0625. The molecule has 0 radical (unpaired) electrons. The van der Waals surface area contributed by atoms with Gasteiger partial charge in [-0.15, -0.1) is 0 Å². The van der Waals surface area contributed by atoms with Crippen molar-refractivity contribution in [3.8, 4) is 0 Å². The van der Waals surface area contributed by atoms with Crippen LogP contribution in [-0.2, 0) is 15.1 Å². The van der Waals surface area contributed by atoms with Crippen molar-refractivity contribution >= 4 is 40.7 Å². The van der Waals surface area contributed by atoms with E-state index in [4.69, 9.17) is 27.6 Å². The van der Waals surface area contributed by atoms with Crippen molar-refractivity contribution in [1.29, 1.82) is 0 Å². The number of halogens is 2. The fourth-order valence-corrected chi connectivity index (χ4v) is 3.32. The molecule has 1 aromatic heterocycles. The van der Waals surface area contributed by atoms with E-state index in [0.29, 0.717) is 0 Å². The van der Waals surface area contributed by atoms with Crippen molar-refractivity contribution in [2.45, 2.75) is 5.54 Å². The highest BCUT2D eigenvalue weighted by Crippen LogP contribution is 2.40. The molecule has 8 heteroatoms. The zero-order valence-electron chi connectivity index (χ0n) is 11.9. The van der Waals surface area contributed by atoms with E-state index in [1.54, 1.807) is 0 Å². The Hall–Kier alpha value is -2.57. The molecule has 0 amide bonds. The smallest absolute Gasteiger partial charge is 0.341 e. The molecule has 1 atom stereocenters. The fourth-order valence-electron chi connectivity index (χ4n) is 2.75. The first kappa shape index (κ1) is 16.3. The Morgan fingerprint density at radius 3 is 2.50 bits per heavy atom. The number of furan rings is 1. The summed E-state index contributed by atoms with van der Waals surface area (Å²) >= 11 is 12.2. The van der Waals surface area contributed by atoms with Gasteiger partial charge in [-0.25, -0.2) is 9.59 Å². The Bertz CT molecular complexity index is 1010. The Kier molecular flexibility index (Phi) is 3.74.